The Morgan fingerprint density at radius 1 is 1.38 bits per heavy atom. The Labute approximate surface area is 132 Å². The normalized spacial score (nSPS) is 20.4. The number of sulfone groups is 1. The molecule has 1 aliphatic rings. The van der Waals surface area contributed by atoms with Gasteiger partial charge in [0.2, 0.25) is 0 Å². The van der Waals surface area contributed by atoms with E-state index in [1.807, 2.05) is 12.1 Å². The number of benzene rings is 1. The van der Waals surface area contributed by atoms with E-state index in [-0.39, 0.29) is 11.1 Å². The summed E-state index contributed by atoms with van der Waals surface area (Å²) in [4.78, 5) is 2.11. The van der Waals surface area contributed by atoms with Crippen LogP contribution in [-0.4, -0.2) is 55.6 Å². The Balaban J connectivity index is 1.93. The molecule has 1 aliphatic heterocycles. The number of hydrogen-bond acceptors (Lipinski definition) is 5. The van der Waals surface area contributed by atoms with Crippen LogP contribution >= 0.6 is 11.8 Å². The van der Waals surface area contributed by atoms with E-state index < -0.39 is 9.84 Å². The Kier molecular flexibility index (Phi) is 5.96. The molecule has 2 rings (SSSR count). The van der Waals surface area contributed by atoms with Gasteiger partial charge >= 0.3 is 0 Å². The van der Waals surface area contributed by atoms with Gasteiger partial charge in [-0.1, -0.05) is 25.1 Å². The Morgan fingerprint density at radius 2 is 2.14 bits per heavy atom. The molecule has 0 radical (unpaired) electrons. The molecule has 118 valence electrons. The molecule has 1 fully saturated rings. The smallest absolute Gasteiger partial charge is 0.166 e. The Morgan fingerprint density at radius 3 is 2.86 bits per heavy atom. The first-order chi connectivity index (χ1) is 10.0. The van der Waals surface area contributed by atoms with E-state index in [4.69, 9.17) is 0 Å². The van der Waals surface area contributed by atoms with Crippen LogP contribution in [0.2, 0.25) is 0 Å². The van der Waals surface area contributed by atoms with E-state index in [9.17, 15) is 8.42 Å². The zero-order chi connectivity index (χ0) is 15.3. The molecule has 1 saturated heterocycles. The summed E-state index contributed by atoms with van der Waals surface area (Å²) in [6.45, 7) is 6.19. The van der Waals surface area contributed by atoms with Gasteiger partial charge in [0, 0.05) is 42.6 Å². The summed E-state index contributed by atoms with van der Waals surface area (Å²) < 4.78 is 24.4. The predicted octanol–water partition coefficient (Wildman–Crippen LogP) is 2.22. The fraction of sp³-hybridized carbons (Fsp3) is 0.600. The summed E-state index contributed by atoms with van der Waals surface area (Å²) in [5, 5.41) is 3.09. The number of anilines is 1. The molecule has 6 heteroatoms. The molecule has 0 aromatic heterocycles. The molecular formula is C15H24N2O2S2. The molecule has 0 spiro atoms. The number of nitrogens with one attached hydrogen (secondary N) is 1. The third-order valence-corrected chi connectivity index (χ3v) is 7.20. The highest BCUT2D eigenvalue weighted by molar-refractivity contribution is 8.01. The van der Waals surface area contributed by atoms with Crippen LogP contribution in [0.3, 0.4) is 0 Å². The number of aryl methyl sites for hydroxylation is 1. The molecule has 0 aliphatic carbocycles. The molecule has 1 atom stereocenters. The van der Waals surface area contributed by atoms with Gasteiger partial charge in [-0.2, -0.15) is 11.8 Å². The first-order valence-electron chi connectivity index (χ1n) is 7.37. The van der Waals surface area contributed by atoms with Crippen molar-refractivity contribution >= 4 is 27.3 Å². The summed E-state index contributed by atoms with van der Waals surface area (Å²) in [6.07, 6.45) is 0. The summed E-state index contributed by atoms with van der Waals surface area (Å²) in [7, 11) is -3.00. The maximum absolute atomic E-state index is 12.2. The lowest BCUT2D eigenvalue weighted by atomic mass is 10.2. The maximum Gasteiger partial charge on any atom is 0.166 e. The van der Waals surface area contributed by atoms with Crippen LogP contribution in [0.4, 0.5) is 5.69 Å². The van der Waals surface area contributed by atoms with E-state index in [0.29, 0.717) is 5.75 Å². The predicted molar refractivity (Wildman–Crippen MR) is 91.8 cm³/mol. The average Bonchev–Trinajstić information content (AvgIpc) is 2.49. The second kappa shape index (κ2) is 7.51. The molecule has 0 amide bonds. The van der Waals surface area contributed by atoms with Crippen molar-refractivity contribution in [1.82, 2.24) is 4.90 Å². The topological polar surface area (TPSA) is 49.4 Å². The van der Waals surface area contributed by atoms with Crippen molar-refractivity contribution in [2.45, 2.75) is 19.2 Å². The maximum atomic E-state index is 12.2. The second-order valence-corrected chi connectivity index (χ2v) is 8.86. The molecule has 1 N–H and O–H groups in total. The van der Waals surface area contributed by atoms with Crippen molar-refractivity contribution in [1.29, 1.82) is 0 Å². The Bertz CT molecular complexity index is 561. The van der Waals surface area contributed by atoms with Crippen LogP contribution in [0.25, 0.3) is 0 Å². The van der Waals surface area contributed by atoms with Crippen molar-refractivity contribution in [3.05, 3.63) is 29.8 Å². The molecule has 21 heavy (non-hydrogen) atoms. The number of hydrogen-bond donors (Lipinski definition) is 1. The van der Waals surface area contributed by atoms with Gasteiger partial charge in [0.15, 0.2) is 9.84 Å². The lowest BCUT2D eigenvalue weighted by Crippen LogP contribution is -2.49. The lowest BCUT2D eigenvalue weighted by Gasteiger charge is -2.34. The monoisotopic (exact) mass is 328 g/mol. The first-order valence-corrected chi connectivity index (χ1v) is 10.2. The minimum Gasteiger partial charge on any atom is -0.384 e. The molecule has 1 aromatic carbocycles. The van der Waals surface area contributed by atoms with E-state index in [1.54, 1.807) is 18.7 Å². The molecule has 0 saturated carbocycles. The van der Waals surface area contributed by atoms with Gasteiger partial charge in [-0.25, -0.2) is 8.42 Å². The second-order valence-electron chi connectivity index (χ2n) is 5.26. The van der Waals surface area contributed by atoms with Crippen molar-refractivity contribution in [2.24, 2.45) is 0 Å². The van der Waals surface area contributed by atoms with Crippen molar-refractivity contribution in [3.63, 3.8) is 0 Å². The van der Waals surface area contributed by atoms with E-state index in [2.05, 4.69) is 29.3 Å². The van der Waals surface area contributed by atoms with Gasteiger partial charge in [0.05, 0.1) is 0 Å². The third-order valence-electron chi connectivity index (χ3n) is 3.87. The van der Waals surface area contributed by atoms with Crippen LogP contribution in [0, 0.1) is 6.92 Å². The highest BCUT2D eigenvalue weighted by atomic mass is 32.2. The van der Waals surface area contributed by atoms with Gasteiger partial charge in [0.1, 0.15) is 5.37 Å². The molecule has 1 heterocycles. The van der Waals surface area contributed by atoms with Gasteiger partial charge < -0.3 is 5.32 Å². The highest BCUT2D eigenvalue weighted by Crippen LogP contribution is 2.21. The fourth-order valence-corrected chi connectivity index (χ4v) is 5.61. The summed E-state index contributed by atoms with van der Waals surface area (Å²) in [5.74, 6) is 1.93. The van der Waals surface area contributed by atoms with Crippen LogP contribution in [0.1, 0.15) is 12.5 Å². The number of thioether (sulfide) groups is 1. The minimum atomic E-state index is -3.00. The van der Waals surface area contributed by atoms with Gasteiger partial charge in [-0.3, -0.25) is 4.90 Å². The first kappa shape index (κ1) is 16.6. The zero-order valence-electron chi connectivity index (χ0n) is 12.7. The molecule has 4 nitrogen and oxygen atoms in total. The van der Waals surface area contributed by atoms with Crippen LogP contribution in [-0.2, 0) is 9.84 Å². The van der Waals surface area contributed by atoms with E-state index in [1.165, 1.54) is 5.56 Å². The number of nitrogens with zero attached hydrogens (tertiary/aromatic N) is 1. The van der Waals surface area contributed by atoms with Crippen molar-refractivity contribution in [3.8, 4) is 0 Å². The lowest BCUT2D eigenvalue weighted by molar-refractivity contribution is 0.280. The SMILES string of the molecule is CCS(=O)(=O)C1CSCCN1CCNc1ccccc1C. The minimum absolute atomic E-state index is 0.222. The quantitative estimate of drug-likeness (QED) is 0.868. The summed E-state index contributed by atoms with van der Waals surface area (Å²) >= 11 is 1.74. The van der Waals surface area contributed by atoms with Gasteiger partial charge in [-0.15, -0.1) is 0 Å². The molecular weight excluding hydrogens is 304 g/mol. The van der Waals surface area contributed by atoms with Gasteiger partial charge in [-0.05, 0) is 18.6 Å². The number of para-hydroxylation sites is 1. The van der Waals surface area contributed by atoms with Crippen LogP contribution in [0.15, 0.2) is 24.3 Å². The Hall–Kier alpha value is -0.720. The molecule has 1 aromatic rings. The van der Waals surface area contributed by atoms with Crippen molar-refractivity contribution < 1.29 is 8.42 Å². The summed E-state index contributed by atoms with van der Waals surface area (Å²) in [5.41, 5.74) is 2.34. The van der Waals surface area contributed by atoms with Crippen LogP contribution < -0.4 is 5.32 Å². The standard InChI is InChI=1S/C15H24N2O2S2/c1-3-21(18,19)15-12-20-11-10-17(15)9-8-16-14-7-5-4-6-13(14)2/h4-7,15-16H,3,8-12H2,1-2H3. The average molecular weight is 329 g/mol. The van der Waals surface area contributed by atoms with E-state index >= 15 is 0 Å². The van der Waals surface area contributed by atoms with E-state index in [0.717, 1.165) is 31.1 Å². The highest BCUT2D eigenvalue weighted by Gasteiger charge is 2.32. The molecule has 0 bridgehead atoms. The third kappa shape index (κ3) is 4.37. The molecule has 1 unspecified atom stereocenters. The van der Waals surface area contributed by atoms with Gasteiger partial charge in [0.25, 0.3) is 0 Å². The number of rotatable bonds is 6. The summed E-state index contributed by atoms with van der Waals surface area (Å²) in [6, 6.07) is 8.16. The van der Waals surface area contributed by atoms with Crippen molar-refractivity contribution in [2.75, 3.05) is 42.2 Å². The van der Waals surface area contributed by atoms with Crippen LogP contribution in [0.5, 0.6) is 0 Å². The largest absolute Gasteiger partial charge is 0.384 e. The zero-order valence-corrected chi connectivity index (χ0v) is 14.3. The fourth-order valence-electron chi connectivity index (χ4n) is 2.50.